The molecular formula is C15H30N2. The molecule has 0 spiro atoms. The van der Waals surface area contributed by atoms with Gasteiger partial charge < -0.3 is 10.2 Å². The Hall–Kier alpha value is -0.0800. The number of rotatable bonds is 6. The summed E-state index contributed by atoms with van der Waals surface area (Å²) in [7, 11) is 0. The van der Waals surface area contributed by atoms with Gasteiger partial charge in [0.25, 0.3) is 0 Å². The Kier molecular flexibility index (Phi) is 5.79. The molecule has 2 fully saturated rings. The van der Waals surface area contributed by atoms with E-state index in [9.17, 15) is 0 Å². The fraction of sp³-hybridized carbons (Fsp3) is 1.00. The van der Waals surface area contributed by atoms with Gasteiger partial charge in [0.05, 0.1) is 0 Å². The molecule has 1 N–H and O–H groups in total. The maximum atomic E-state index is 3.47. The summed E-state index contributed by atoms with van der Waals surface area (Å²) in [6.45, 7) is 8.89. The summed E-state index contributed by atoms with van der Waals surface area (Å²) in [6.07, 6.45) is 10.1. The summed E-state index contributed by atoms with van der Waals surface area (Å²) >= 11 is 0. The van der Waals surface area contributed by atoms with Crippen LogP contribution >= 0.6 is 0 Å². The Labute approximate surface area is 107 Å². The first-order valence-corrected chi connectivity index (χ1v) is 7.81. The highest BCUT2D eigenvalue weighted by molar-refractivity contribution is 4.76. The molecule has 0 radical (unpaired) electrons. The van der Waals surface area contributed by atoms with E-state index in [0.717, 1.165) is 11.8 Å². The van der Waals surface area contributed by atoms with Gasteiger partial charge in [0.15, 0.2) is 0 Å². The third-order valence-electron chi connectivity index (χ3n) is 4.51. The van der Waals surface area contributed by atoms with Gasteiger partial charge in [-0.1, -0.05) is 19.8 Å². The zero-order chi connectivity index (χ0) is 11.9. The number of piperidine rings is 1. The first kappa shape index (κ1) is 13.4. The van der Waals surface area contributed by atoms with Crippen LogP contribution in [0.15, 0.2) is 0 Å². The van der Waals surface area contributed by atoms with Gasteiger partial charge in [0, 0.05) is 13.1 Å². The van der Waals surface area contributed by atoms with E-state index in [2.05, 4.69) is 17.1 Å². The molecule has 0 aromatic rings. The van der Waals surface area contributed by atoms with Gasteiger partial charge in [-0.05, 0) is 63.6 Å². The highest BCUT2D eigenvalue weighted by Crippen LogP contribution is 2.26. The second kappa shape index (κ2) is 7.38. The highest BCUT2D eigenvalue weighted by atomic mass is 15.1. The van der Waals surface area contributed by atoms with E-state index in [1.54, 1.807) is 0 Å². The molecule has 2 rings (SSSR count). The monoisotopic (exact) mass is 238 g/mol. The lowest BCUT2D eigenvalue weighted by atomic mass is 9.96. The van der Waals surface area contributed by atoms with E-state index in [1.807, 2.05) is 0 Å². The van der Waals surface area contributed by atoms with Gasteiger partial charge in [-0.25, -0.2) is 0 Å². The van der Waals surface area contributed by atoms with Crippen molar-refractivity contribution in [3.8, 4) is 0 Å². The fourth-order valence-corrected chi connectivity index (χ4v) is 3.56. The molecule has 0 aromatic carbocycles. The average Bonchev–Trinajstić information content (AvgIpc) is 2.83. The molecule has 1 saturated carbocycles. The van der Waals surface area contributed by atoms with Crippen molar-refractivity contribution in [2.24, 2.45) is 11.8 Å². The van der Waals surface area contributed by atoms with Crippen LogP contribution < -0.4 is 5.32 Å². The Morgan fingerprint density at radius 2 is 1.53 bits per heavy atom. The van der Waals surface area contributed by atoms with Gasteiger partial charge in [-0.15, -0.1) is 0 Å². The molecule has 2 nitrogen and oxygen atoms in total. The molecule has 0 bridgehead atoms. The summed E-state index contributed by atoms with van der Waals surface area (Å²) in [5, 5.41) is 3.47. The van der Waals surface area contributed by atoms with Crippen LogP contribution in [-0.4, -0.2) is 37.6 Å². The standard InChI is InChI=1S/C15H30N2/c1-2-11-17(12-14-5-3-4-6-14)13-15-7-9-16-10-8-15/h14-16H,2-13H2,1H3. The Bertz CT molecular complexity index is 193. The van der Waals surface area contributed by atoms with Crippen molar-refractivity contribution in [2.75, 3.05) is 32.7 Å². The Balaban J connectivity index is 1.74. The second-order valence-electron chi connectivity index (χ2n) is 6.10. The molecule has 0 aromatic heterocycles. The first-order chi connectivity index (χ1) is 8.38. The predicted octanol–water partition coefficient (Wildman–Crippen LogP) is 2.89. The Morgan fingerprint density at radius 1 is 0.941 bits per heavy atom. The normalized spacial score (nSPS) is 23.6. The SMILES string of the molecule is CCCN(CC1CCCC1)CC1CCNCC1. The van der Waals surface area contributed by atoms with E-state index in [4.69, 9.17) is 0 Å². The van der Waals surface area contributed by atoms with Crippen LogP contribution in [-0.2, 0) is 0 Å². The van der Waals surface area contributed by atoms with E-state index < -0.39 is 0 Å². The van der Waals surface area contributed by atoms with Crippen molar-refractivity contribution >= 4 is 0 Å². The van der Waals surface area contributed by atoms with E-state index in [1.165, 1.54) is 77.7 Å². The lowest BCUT2D eigenvalue weighted by Gasteiger charge is -2.31. The summed E-state index contributed by atoms with van der Waals surface area (Å²) in [5.74, 6) is 1.98. The van der Waals surface area contributed by atoms with Crippen LogP contribution in [0.3, 0.4) is 0 Å². The lowest BCUT2D eigenvalue weighted by molar-refractivity contribution is 0.180. The summed E-state index contributed by atoms with van der Waals surface area (Å²) in [5.41, 5.74) is 0. The molecule has 1 saturated heterocycles. The maximum absolute atomic E-state index is 3.47. The van der Waals surface area contributed by atoms with Crippen molar-refractivity contribution < 1.29 is 0 Å². The van der Waals surface area contributed by atoms with E-state index >= 15 is 0 Å². The summed E-state index contributed by atoms with van der Waals surface area (Å²) in [4.78, 5) is 2.77. The van der Waals surface area contributed by atoms with Crippen LogP contribution in [0.2, 0.25) is 0 Å². The molecule has 1 heterocycles. The zero-order valence-corrected chi connectivity index (χ0v) is 11.6. The predicted molar refractivity (Wildman–Crippen MR) is 74.3 cm³/mol. The third kappa shape index (κ3) is 4.59. The van der Waals surface area contributed by atoms with Gasteiger partial charge in [0.2, 0.25) is 0 Å². The zero-order valence-electron chi connectivity index (χ0n) is 11.6. The minimum atomic E-state index is 0.962. The highest BCUT2D eigenvalue weighted by Gasteiger charge is 2.21. The van der Waals surface area contributed by atoms with Crippen molar-refractivity contribution in [1.29, 1.82) is 0 Å². The Morgan fingerprint density at radius 3 is 2.12 bits per heavy atom. The average molecular weight is 238 g/mol. The fourth-order valence-electron chi connectivity index (χ4n) is 3.56. The molecule has 17 heavy (non-hydrogen) atoms. The minimum Gasteiger partial charge on any atom is -0.317 e. The first-order valence-electron chi connectivity index (χ1n) is 7.81. The number of hydrogen-bond donors (Lipinski definition) is 1. The summed E-state index contributed by atoms with van der Waals surface area (Å²) < 4.78 is 0. The van der Waals surface area contributed by atoms with Gasteiger partial charge in [-0.3, -0.25) is 0 Å². The minimum absolute atomic E-state index is 0.962. The largest absolute Gasteiger partial charge is 0.317 e. The van der Waals surface area contributed by atoms with Crippen molar-refractivity contribution in [3.63, 3.8) is 0 Å². The quantitative estimate of drug-likeness (QED) is 0.765. The second-order valence-corrected chi connectivity index (χ2v) is 6.10. The molecule has 1 aliphatic heterocycles. The van der Waals surface area contributed by atoms with E-state index in [-0.39, 0.29) is 0 Å². The topological polar surface area (TPSA) is 15.3 Å². The van der Waals surface area contributed by atoms with Crippen LogP contribution in [0.4, 0.5) is 0 Å². The molecule has 0 atom stereocenters. The van der Waals surface area contributed by atoms with Gasteiger partial charge >= 0.3 is 0 Å². The van der Waals surface area contributed by atoms with Crippen LogP contribution in [0.25, 0.3) is 0 Å². The smallest absolute Gasteiger partial charge is 0.00107 e. The van der Waals surface area contributed by atoms with Crippen molar-refractivity contribution in [3.05, 3.63) is 0 Å². The van der Waals surface area contributed by atoms with Gasteiger partial charge in [-0.2, -0.15) is 0 Å². The number of nitrogens with one attached hydrogen (secondary N) is 1. The van der Waals surface area contributed by atoms with Gasteiger partial charge in [0.1, 0.15) is 0 Å². The molecule has 2 heteroatoms. The van der Waals surface area contributed by atoms with Crippen LogP contribution in [0.1, 0.15) is 51.9 Å². The molecule has 2 aliphatic rings. The molecular weight excluding hydrogens is 208 g/mol. The van der Waals surface area contributed by atoms with Crippen LogP contribution in [0, 0.1) is 11.8 Å². The number of nitrogens with zero attached hydrogens (tertiary/aromatic N) is 1. The molecule has 0 amide bonds. The van der Waals surface area contributed by atoms with Crippen molar-refractivity contribution in [1.82, 2.24) is 10.2 Å². The third-order valence-corrected chi connectivity index (χ3v) is 4.51. The lowest BCUT2D eigenvalue weighted by Crippen LogP contribution is -2.38. The van der Waals surface area contributed by atoms with Crippen molar-refractivity contribution in [2.45, 2.75) is 51.9 Å². The molecule has 1 aliphatic carbocycles. The summed E-state index contributed by atoms with van der Waals surface area (Å²) in [6, 6.07) is 0. The van der Waals surface area contributed by atoms with Crippen LogP contribution in [0.5, 0.6) is 0 Å². The van der Waals surface area contributed by atoms with E-state index in [0.29, 0.717) is 0 Å². The molecule has 100 valence electrons. The maximum Gasteiger partial charge on any atom is 0.00107 e. The number of hydrogen-bond acceptors (Lipinski definition) is 2. The molecule has 0 unspecified atom stereocenters.